The second-order valence-electron chi connectivity index (χ2n) is 7.04. The number of aromatic carboxylic acids is 1. The molecule has 1 heterocycles. The van der Waals surface area contributed by atoms with E-state index in [1.807, 2.05) is 30.3 Å². The molecule has 0 saturated heterocycles. The molecule has 0 radical (unpaired) electrons. The largest absolute Gasteiger partial charge is 0.478 e. The number of carbonyl (C=O) groups excluding carboxylic acids is 1. The number of aromatic nitrogens is 1. The van der Waals surface area contributed by atoms with Crippen LogP contribution in [0.3, 0.4) is 0 Å². The predicted molar refractivity (Wildman–Crippen MR) is 126 cm³/mol. The van der Waals surface area contributed by atoms with E-state index in [-0.39, 0.29) is 16.8 Å². The van der Waals surface area contributed by atoms with Gasteiger partial charge in [-0.3, -0.25) is 4.79 Å². The molecule has 0 saturated carbocycles. The fourth-order valence-corrected chi connectivity index (χ4v) is 4.06. The summed E-state index contributed by atoms with van der Waals surface area (Å²) in [5.74, 6) is -2.71. The van der Waals surface area contributed by atoms with Gasteiger partial charge in [-0.15, -0.1) is 0 Å². The molecule has 0 aliphatic carbocycles. The number of benzene rings is 3. The van der Waals surface area contributed by atoms with Crippen molar-refractivity contribution < 1.29 is 19.1 Å². The fourth-order valence-electron chi connectivity index (χ4n) is 3.48. The van der Waals surface area contributed by atoms with Crippen LogP contribution < -0.4 is 5.32 Å². The Labute approximate surface area is 196 Å². The molecule has 3 aromatic carbocycles. The molecule has 1 aromatic heterocycles. The summed E-state index contributed by atoms with van der Waals surface area (Å²) in [6.07, 6.45) is 0. The first-order chi connectivity index (χ1) is 15.3. The Balaban J connectivity index is 1.90. The molecule has 0 unspecified atom stereocenters. The third-order valence-corrected chi connectivity index (χ3v) is 6.31. The fraction of sp³-hybridized carbons (Fsp3) is 0.0417. The average molecular weight is 514 g/mol. The first-order valence-electron chi connectivity index (χ1n) is 9.46. The highest BCUT2D eigenvalue weighted by atomic mass is 79.9. The molecule has 0 fully saturated rings. The Hall–Kier alpha value is -3.29. The van der Waals surface area contributed by atoms with Gasteiger partial charge in [0.15, 0.2) is 0 Å². The molecule has 0 aliphatic rings. The normalized spacial score (nSPS) is 10.9. The van der Waals surface area contributed by atoms with E-state index < -0.39 is 17.7 Å². The summed E-state index contributed by atoms with van der Waals surface area (Å²) in [5.41, 5.74) is 2.39. The molecular weight excluding hydrogens is 499 g/mol. The molecule has 8 heteroatoms. The van der Waals surface area contributed by atoms with Crippen molar-refractivity contribution in [3.63, 3.8) is 0 Å². The Bertz CT molecular complexity index is 1390. The number of carboxylic acids is 1. The zero-order valence-electron chi connectivity index (χ0n) is 16.6. The SMILES string of the molecule is Cc1c(-c2ccccc2)nc2ccc(Br)c(Cl)c2c1C(=O)Nc1ccc(C(=O)O)cc1F. The van der Waals surface area contributed by atoms with Crippen LogP contribution in [-0.2, 0) is 0 Å². The van der Waals surface area contributed by atoms with Crippen molar-refractivity contribution >= 4 is 56.0 Å². The van der Waals surface area contributed by atoms with E-state index in [4.69, 9.17) is 21.7 Å². The van der Waals surface area contributed by atoms with E-state index in [1.165, 1.54) is 12.1 Å². The highest BCUT2D eigenvalue weighted by Gasteiger charge is 2.23. The van der Waals surface area contributed by atoms with Gasteiger partial charge in [0.2, 0.25) is 0 Å². The topological polar surface area (TPSA) is 79.3 Å². The molecule has 1 amide bonds. The average Bonchev–Trinajstić information content (AvgIpc) is 2.78. The number of carbonyl (C=O) groups is 2. The van der Waals surface area contributed by atoms with Gasteiger partial charge in [0, 0.05) is 15.4 Å². The molecule has 2 N–H and O–H groups in total. The molecule has 160 valence electrons. The number of pyridine rings is 1. The lowest BCUT2D eigenvalue weighted by Crippen LogP contribution is -2.16. The summed E-state index contributed by atoms with van der Waals surface area (Å²) in [6, 6.07) is 16.2. The quantitative estimate of drug-likeness (QED) is 0.318. The van der Waals surface area contributed by atoms with Gasteiger partial charge in [-0.25, -0.2) is 14.2 Å². The van der Waals surface area contributed by atoms with Gasteiger partial charge in [-0.1, -0.05) is 41.9 Å². The van der Waals surface area contributed by atoms with Crippen LogP contribution in [0.15, 0.2) is 65.1 Å². The van der Waals surface area contributed by atoms with Gasteiger partial charge in [0.25, 0.3) is 5.91 Å². The Kier molecular flexibility index (Phi) is 5.95. The summed E-state index contributed by atoms with van der Waals surface area (Å²) in [4.78, 5) is 29.2. The number of rotatable bonds is 4. The minimum atomic E-state index is -1.26. The highest BCUT2D eigenvalue weighted by molar-refractivity contribution is 9.10. The van der Waals surface area contributed by atoms with Crippen molar-refractivity contribution in [2.75, 3.05) is 5.32 Å². The summed E-state index contributed by atoms with van der Waals surface area (Å²) in [7, 11) is 0. The van der Waals surface area contributed by atoms with Crippen molar-refractivity contribution in [1.29, 1.82) is 0 Å². The maximum absolute atomic E-state index is 14.5. The van der Waals surface area contributed by atoms with Crippen molar-refractivity contribution in [2.45, 2.75) is 6.92 Å². The number of amides is 1. The molecule has 0 spiro atoms. The number of nitrogens with zero attached hydrogens (tertiary/aromatic N) is 1. The van der Waals surface area contributed by atoms with E-state index in [0.717, 1.165) is 11.6 Å². The number of nitrogens with one attached hydrogen (secondary N) is 1. The minimum absolute atomic E-state index is 0.142. The van der Waals surface area contributed by atoms with Crippen molar-refractivity contribution in [2.24, 2.45) is 0 Å². The van der Waals surface area contributed by atoms with Gasteiger partial charge in [-0.2, -0.15) is 0 Å². The number of fused-ring (bicyclic) bond motifs is 1. The van der Waals surface area contributed by atoms with Crippen LogP contribution >= 0.6 is 27.5 Å². The van der Waals surface area contributed by atoms with Gasteiger partial charge in [0.05, 0.1) is 33.0 Å². The van der Waals surface area contributed by atoms with Crippen LogP contribution in [0.1, 0.15) is 26.3 Å². The maximum atomic E-state index is 14.5. The van der Waals surface area contributed by atoms with Gasteiger partial charge in [0.1, 0.15) is 5.82 Å². The molecule has 4 rings (SSSR count). The molecule has 5 nitrogen and oxygen atoms in total. The molecule has 0 bridgehead atoms. The van der Waals surface area contributed by atoms with Crippen molar-refractivity contribution in [3.8, 4) is 11.3 Å². The highest BCUT2D eigenvalue weighted by Crippen LogP contribution is 2.37. The second kappa shape index (κ2) is 8.68. The summed E-state index contributed by atoms with van der Waals surface area (Å²) in [6.45, 7) is 1.75. The first-order valence-corrected chi connectivity index (χ1v) is 10.6. The van der Waals surface area contributed by atoms with Crippen molar-refractivity contribution in [1.82, 2.24) is 4.98 Å². The second-order valence-corrected chi connectivity index (χ2v) is 8.27. The van der Waals surface area contributed by atoms with E-state index in [0.29, 0.717) is 31.7 Å². The van der Waals surface area contributed by atoms with Crippen LogP contribution in [-0.4, -0.2) is 22.0 Å². The Morgan fingerprint density at radius 1 is 1.09 bits per heavy atom. The maximum Gasteiger partial charge on any atom is 0.335 e. The summed E-state index contributed by atoms with van der Waals surface area (Å²) in [5, 5.41) is 12.3. The van der Waals surface area contributed by atoms with Crippen LogP contribution in [0.5, 0.6) is 0 Å². The van der Waals surface area contributed by atoms with Crippen LogP contribution in [0.25, 0.3) is 22.2 Å². The standard InChI is InChI=1S/C24H15BrClFN2O3/c1-12-19(23(30)29-17-9-7-14(24(31)32)11-16(17)27)20-18(10-8-15(25)21(20)26)28-22(12)13-5-3-2-4-6-13/h2-11H,1H3,(H,29,30)(H,31,32). The number of halogens is 3. The Morgan fingerprint density at radius 3 is 2.47 bits per heavy atom. The van der Waals surface area contributed by atoms with Gasteiger partial charge in [-0.05, 0) is 58.7 Å². The van der Waals surface area contributed by atoms with Gasteiger partial charge < -0.3 is 10.4 Å². The van der Waals surface area contributed by atoms with Crippen molar-refractivity contribution in [3.05, 3.63) is 92.7 Å². The predicted octanol–water partition coefficient (Wildman–Crippen LogP) is 6.72. The Morgan fingerprint density at radius 2 is 1.81 bits per heavy atom. The molecular formula is C24H15BrClFN2O3. The van der Waals surface area contributed by atoms with Crippen LogP contribution in [0.4, 0.5) is 10.1 Å². The number of anilines is 1. The van der Waals surface area contributed by atoms with E-state index in [9.17, 15) is 14.0 Å². The van der Waals surface area contributed by atoms with E-state index >= 15 is 0 Å². The van der Waals surface area contributed by atoms with Crippen LogP contribution in [0.2, 0.25) is 5.02 Å². The minimum Gasteiger partial charge on any atom is -0.478 e. The number of carboxylic acid groups (broad SMARTS) is 1. The van der Waals surface area contributed by atoms with Gasteiger partial charge >= 0.3 is 5.97 Å². The molecule has 4 aromatic rings. The summed E-state index contributed by atoms with van der Waals surface area (Å²) >= 11 is 9.91. The summed E-state index contributed by atoms with van der Waals surface area (Å²) < 4.78 is 15.1. The van der Waals surface area contributed by atoms with E-state index in [2.05, 4.69) is 21.2 Å². The lowest BCUT2D eigenvalue weighted by Gasteiger charge is -2.16. The zero-order chi connectivity index (χ0) is 23.0. The lowest BCUT2D eigenvalue weighted by molar-refractivity contribution is 0.0696. The first kappa shape index (κ1) is 21.9. The third-order valence-electron chi connectivity index (χ3n) is 5.02. The third kappa shape index (κ3) is 3.97. The van der Waals surface area contributed by atoms with Crippen LogP contribution in [0, 0.1) is 12.7 Å². The molecule has 32 heavy (non-hydrogen) atoms. The molecule has 0 atom stereocenters. The zero-order valence-corrected chi connectivity index (χ0v) is 19.0. The lowest BCUT2D eigenvalue weighted by atomic mass is 9.97. The smallest absolute Gasteiger partial charge is 0.335 e. The van der Waals surface area contributed by atoms with E-state index in [1.54, 1.807) is 19.1 Å². The number of hydrogen-bond donors (Lipinski definition) is 2. The number of hydrogen-bond acceptors (Lipinski definition) is 3. The monoisotopic (exact) mass is 512 g/mol. The molecule has 0 aliphatic heterocycles.